The van der Waals surface area contributed by atoms with Crippen LogP contribution in [0.1, 0.15) is 49.8 Å². The lowest BCUT2D eigenvalue weighted by molar-refractivity contribution is -0.161. The molecule has 1 aliphatic rings. The van der Waals surface area contributed by atoms with E-state index in [1.807, 2.05) is 37.3 Å². The number of hydrogen-bond acceptors (Lipinski definition) is 6. The van der Waals surface area contributed by atoms with Crippen molar-refractivity contribution in [1.82, 2.24) is 0 Å². The second kappa shape index (κ2) is 9.13. The summed E-state index contributed by atoms with van der Waals surface area (Å²) < 4.78 is 5.49. The predicted molar refractivity (Wildman–Crippen MR) is 111 cm³/mol. The van der Waals surface area contributed by atoms with Gasteiger partial charge in [0.05, 0.1) is 11.7 Å². The SMILES string of the molecule is CCC(C1=C(O)C(=O)[C@@H](C(CC)[C@H](O)c2ccc(O)cc2)OC1=O)c1ccccc1. The maximum Gasteiger partial charge on any atom is 0.339 e. The standard InChI is InChI=1S/C24H26O6/c1-3-17(14-8-6-5-7-9-14)19-21(27)22(28)23(30-24(19)29)18(4-2)20(26)15-10-12-16(25)13-11-15/h5-13,17-18,20,23,25-27H,3-4H2,1-2H3/t17?,18?,20-,23-/m1/s1. The zero-order valence-electron chi connectivity index (χ0n) is 17.0. The van der Waals surface area contributed by atoms with Crippen LogP contribution in [0.3, 0.4) is 0 Å². The van der Waals surface area contributed by atoms with E-state index in [9.17, 15) is 24.9 Å². The molecular weight excluding hydrogens is 384 g/mol. The number of aromatic hydroxyl groups is 1. The maximum absolute atomic E-state index is 13.0. The first kappa shape index (κ1) is 21.6. The van der Waals surface area contributed by atoms with Gasteiger partial charge in [-0.1, -0.05) is 56.3 Å². The first-order valence-corrected chi connectivity index (χ1v) is 10.1. The Morgan fingerprint density at radius 3 is 2.10 bits per heavy atom. The van der Waals surface area contributed by atoms with Gasteiger partial charge in [0.15, 0.2) is 11.9 Å². The molecule has 0 spiro atoms. The molecule has 0 bridgehead atoms. The van der Waals surface area contributed by atoms with E-state index in [-0.39, 0.29) is 11.3 Å². The minimum atomic E-state index is -1.29. The van der Waals surface area contributed by atoms with E-state index in [2.05, 4.69) is 0 Å². The number of ether oxygens (including phenoxy) is 1. The summed E-state index contributed by atoms with van der Waals surface area (Å²) in [6.45, 7) is 3.63. The normalized spacial score (nSPS) is 19.9. The Labute approximate surface area is 175 Å². The van der Waals surface area contributed by atoms with Crippen LogP contribution in [0, 0.1) is 5.92 Å². The lowest BCUT2D eigenvalue weighted by Gasteiger charge is -2.33. The van der Waals surface area contributed by atoms with Gasteiger partial charge < -0.3 is 20.1 Å². The zero-order valence-corrected chi connectivity index (χ0v) is 17.0. The molecule has 1 heterocycles. The van der Waals surface area contributed by atoms with E-state index in [1.54, 1.807) is 19.1 Å². The number of phenols is 1. The molecule has 6 nitrogen and oxygen atoms in total. The van der Waals surface area contributed by atoms with Crippen LogP contribution in [-0.4, -0.2) is 33.2 Å². The van der Waals surface area contributed by atoms with Gasteiger partial charge >= 0.3 is 5.97 Å². The van der Waals surface area contributed by atoms with E-state index in [0.717, 1.165) is 5.56 Å². The van der Waals surface area contributed by atoms with Crippen LogP contribution >= 0.6 is 0 Å². The molecule has 0 amide bonds. The van der Waals surface area contributed by atoms with Crippen molar-refractivity contribution in [2.24, 2.45) is 5.92 Å². The summed E-state index contributed by atoms with van der Waals surface area (Å²) in [6.07, 6.45) is -1.56. The zero-order chi connectivity index (χ0) is 21.8. The number of rotatable bonds is 7. The summed E-state index contributed by atoms with van der Waals surface area (Å²) in [4.78, 5) is 25.8. The predicted octanol–water partition coefficient (Wildman–Crippen LogP) is 3.95. The van der Waals surface area contributed by atoms with E-state index < -0.39 is 41.6 Å². The lowest BCUT2D eigenvalue weighted by Crippen LogP contribution is -2.43. The Kier molecular flexibility index (Phi) is 6.57. The van der Waals surface area contributed by atoms with Gasteiger partial charge in [0.1, 0.15) is 5.75 Å². The Hall–Kier alpha value is -3.12. The van der Waals surface area contributed by atoms with Crippen molar-refractivity contribution >= 4 is 11.8 Å². The second-order valence-corrected chi connectivity index (χ2v) is 7.43. The smallest absolute Gasteiger partial charge is 0.339 e. The number of hydrogen-bond donors (Lipinski definition) is 3. The molecule has 1 aliphatic heterocycles. The molecule has 0 aromatic heterocycles. The number of phenolic OH excluding ortho intramolecular Hbond substituents is 1. The molecule has 2 aromatic rings. The van der Waals surface area contributed by atoms with Crippen molar-refractivity contribution < 1.29 is 29.6 Å². The van der Waals surface area contributed by atoms with Crippen molar-refractivity contribution in [2.75, 3.05) is 0 Å². The van der Waals surface area contributed by atoms with Crippen LogP contribution < -0.4 is 0 Å². The third-order valence-electron chi connectivity index (χ3n) is 5.66. The molecule has 0 fully saturated rings. The molecule has 0 aliphatic carbocycles. The monoisotopic (exact) mass is 410 g/mol. The average Bonchev–Trinajstić information content (AvgIpc) is 2.76. The average molecular weight is 410 g/mol. The Balaban J connectivity index is 1.93. The van der Waals surface area contributed by atoms with Gasteiger partial charge in [-0.05, 0) is 36.1 Å². The fraction of sp³-hybridized carbons (Fsp3) is 0.333. The molecular formula is C24H26O6. The van der Waals surface area contributed by atoms with Crippen LogP contribution in [0.15, 0.2) is 65.9 Å². The van der Waals surface area contributed by atoms with Crippen LogP contribution in [0.25, 0.3) is 0 Å². The number of carbonyl (C=O) groups is 2. The fourth-order valence-corrected chi connectivity index (χ4v) is 4.00. The summed E-state index contributed by atoms with van der Waals surface area (Å²) in [6, 6.07) is 15.1. The second-order valence-electron chi connectivity index (χ2n) is 7.43. The quantitative estimate of drug-likeness (QED) is 0.597. The van der Waals surface area contributed by atoms with Crippen molar-refractivity contribution in [3.63, 3.8) is 0 Å². The van der Waals surface area contributed by atoms with Crippen molar-refractivity contribution in [3.05, 3.63) is 77.1 Å². The molecule has 3 rings (SSSR count). The summed E-state index contributed by atoms with van der Waals surface area (Å²) in [5.74, 6) is -3.20. The summed E-state index contributed by atoms with van der Waals surface area (Å²) in [7, 11) is 0. The van der Waals surface area contributed by atoms with E-state index in [0.29, 0.717) is 18.4 Å². The molecule has 0 saturated carbocycles. The van der Waals surface area contributed by atoms with Gasteiger partial charge in [0, 0.05) is 11.8 Å². The van der Waals surface area contributed by atoms with Crippen molar-refractivity contribution in [3.8, 4) is 5.75 Å². The first-order chi connectivity index (χ1) is 14.4. The van der Waals surface area contributed by atoms with E-state index >= 15 is 0 Å². The van der Waals surface area contributed by atoms with Crippen molar-refractivity contribution in [1.29, 1.82) is 0 Å². The van der Waals surface area contributed by atoms with Crippen LogP contribution in [0.4, 0.5) is 0 Å². The highest BCUT2D eigenvalue weighted by Crippen LogP contribution is 2.38. The van der Waals surface area contributed by atoms with Crippen LogP contribution in [0.2, 0.25) is 0 Å². The Bertz CT molecular complexity index is 932. The number of benzene rings is 2. The Morgan fingerprint density at radius 1 is 0.900 bits per heavy atom. The summed E-state index contributed by atoms with van der Waals surface area (Å²) >= 11 is 0. The number of Topliss-reactive ketones (excluding diaryl/α,β-unsaturated/α-hetero) is 1. The summed E-state index contributed by atoms with van der Waals surface area (Å²) in [5, 5.41) is 30.9. The first-order valence-electron chi connectivity index (χ1n) is 10.1. The number of cyclic esters (lactones) is 1. The maximum atomic E-state index is 13.0. The van der Waals surface area contributed by atoms with Gasteiger partial charge in [0.2, 0.25) is 5.78 Å². The number of aliphatic hydroxyl groups is 2. The fourth-order valence-electron chi connectivity index (χ4n) is 4.00. The Morgan fingerprint density at radius 2 is 1.53 bits per heavy atom. The highest BCUT2D eigenvalue weighted by Gasteiger charge is 2.45. The minimum absolute atomic E-state index is 0.0427. The number of carbonyl (C=O) groups excluding carboxylic acids is 2. The molecule has 0 saturated heterocycles. The third kappa shape index (κ3) is 4.09. The van der Waals surface area contributed by atoms with Gasteiger partial charge in [-0.3, -0.25) is 4.79 Å². The third-order valence-corrected chi connectivity index (χ3v) is 5.66. The number of ketones is 1. The van der Waals surface area contributed by atoms with E-state index in [4.69, 9.17) is 4.74 Å². The van der Waals surface area contributed by atoms with Gasteiger partial charge in [-0.15, -0.1) is 0 Å². The lowest BCUT2D eigenvalue weighted by atomic mass is 9.81. The minimum Gasteiger partial charge on any atom is -0.508 e. The molecule has 4 atom stereocenters. The number of aliphatic hydroxyl groups excluding tert-OH is 2. The molecule has 6 heteroatoms. The largest absolute Gasteiger partial charge is 0.508 e. The molecule has 2 unspecified atom stereocenters. The highest BCUT2D eigenvalue weighted by atomic mass is 16.6. The topological polar surface area (TPSA) is 104 Å². The van der Waals surface area contributed by atoms with Crippen LogP contribution in [-0.2, 0) is 14.3 Å². The molecule has 30 heavy (non-hydrogen) atoms. The van der Waals surface area contributed by atoms with E-state index in [1.165, 1.54) is 12.1 Å². The van der Waals surface area contributed by atoms with Crippen LogP contribution in [0.5, 0.6) is 5.75 Å². The van der Waals surface area contributed by atoms with Gasteiger partial charge in [-0.25, -0.2) is 4.79 Å². The number of esters is 1. The summed E-state index contributed by atoms with van der Waals surface area (Å²) in [5.41, 5.74) is 1.24. The molecule has 158 valence electrons. The van der Waals surface area contributed by atoms with Gasteiger partial charge in [0.25, 0.3) is 0 Å². The molecule has 0 radical (unpaired) electrons. The van der Waals surface area contributed by atoms with Gasteiger partial charge in [-0.2, -0.15) is 0 Å². The molecule has 3 N–H and O–H groups in total. The van der Waals surface area contributed by atoms with Crippen molar-refractivity contribution in [2.45, 2.75) is 44.8 Å². The molecule has 2 aromatic carbocycles. The highest BCUT2D eigenvalue weighted by molar-refractivity contribution is 6.09.